The van der Waals surface area contributed by atoms with Gasteiger partial charge in [0, 0.05) is 29.4 Å². The van der Waals surface area contributed by atoms with Gasteiger partial charge in [-0.2, -0.15) is 0 Å². The molecular weight excluding hydrogens is 396 g/mol. The maximum atomic E-state index is 12.2. The summed E-state index contributed by atoms with van der Waals surface area (Å²) >= 11 is 11.5. The van der Waals surface area contributed by atoms with Crippen molar-refractivity contribution >= 4 is 40.4 Å². The number of nitrogens with zero attached hydrogens (tertiary/aromatic N) is 1. The van der Waals surface area contributed by atoms with Crippen molar-refractivity contribution in [2.24, 2.45) is 0 Å². The summed E-state index contributed by atoms with van der Waals surface area (Å²) in [7, 11) is 0. The van der Waals surface area contributed by atoms with Crippen molar-refractivity contribution in [2.45, 2.75) is 19.8 Å². The lowest BCUT2D eigenvalue weighted by molar-refractivity contribution is -0.118. The number of halogens is 1. The molecule has 5 nitrogen and oxygen atoms in total. The number of likely N-dealkylation sites (tertiary alicyclic amines) is 1. The van der Waals surface area contributed by atoms with Crippen LogP contribution >= 0.6 is 23.8 Å². The van der Waals surface area contributed by atoms with Crippen LogP contribution in [0.4, 0.5) is 5.69 Å². The first kappa shape index (κ1) is 20.4. The minimum atomic E-state index is -0.277. The van der Waals surface area contributed by atoms with Crippen molar-refractivity contribution in [1.82, 2.24) is 4.90 Å². The molecule has 1 fully saturated rings. The van der Waals surface area contributed by atoms with Gasteiger partial charge in [-0.3, -0.25) is 4.79 Å². The maximum absolute atomic E-state index is 12.2. The van der Waals surface area contributed by atoms with Gasteiger partial charge in [0.2, 0.25) is 0 Å². The van der Waals surface area contributed by atoms with Gasteiger partial charge in [0.05, 0.1) is 6.61 Å². The molecule has 0 bridgehead atoms. The minimum Gasteiger partial charge on any atom is -0.490 e. The third kappa shape index (κ3) is 5.36. The number of carbonyl (C=O) groups is 1. The molecule has 1 aliphatic heterocycles. The van der Waals surface area contributed by atoms with Crippen molar-refractivity contribution in [3.63, 3.8) is 0 Å². The zero-order chi connectivity index (χ0) is 19.9. The number of hydrogen-bond acceptors (Lipinski definition) is 4. The van der Waals surface area contributed by atoms with Gasteiger partial charge < -0.3 is 19.7 Å². The fraction of sp³-hybridized carbons (Fsp3) is 0.333. The molecule has 0 radical (unpaired) electrons. The SMILES string of the molecule is CCOc1cc(C(=S)N2CCCC2)ccc1OCC(=O)Nc1cccc(Cl)c1. The number of rotatable bonds is 7. The molecule has 2 aromatic rings. The molecule has 0 unspecified atom stereocenters. The van der Waals surface area contributed by atoms with Crippen LogP contribution in [-0.4, -0.2) is 42.1 Å². The molecule has 3 rings (SSSR count). The van der Waals surface area contributed by atoms with E-state index in [1.807, 2.05) is 19.1 Å². The largest absolute Gasteiger partial charge is 0.490 e. The van der Waals surface area contributed by atoms with Crippen molar-refractivity contribution in [1.29, 1.82) is 0 Å². The van der Waals surface area contributed by atoms with E-state index in [-0.39, 0.29) is 12.5 Å². The molecule has 2 aromatic carbocycles. The molecule has 148 valence electrons. The topological polar surface area (TPSA) is 50.8 Å². The summed E-state index contributed by atoms with van der Waals surface area (Å²) in [4.78, 5) is 15.2. The highest BCUT2D eigenvalue weighted by atomic mass is 35.5. The first-order chi connectivity index (χ1) is 13.6. The molecule has 1 saturated heterocycles. The zero-order valence-electron chi connectivity index (χ0n) is 15.7. The zero-order valence-corrected chi connectivity index (χ0v) is 17.3. The van der Waals surface area contributed by atoms with Gasteiger partial charge in [0.25, 0.3) is 5.91 Å². The molecule has 1 N–H and O–H groups in total. The molecule has 7 heteroatoms. The lowest BCUT2D eigenvalue weighted by atomic mass is 10.2. The van der Waals surface area contributed by atoms with E-state index in [1.165, 1.54) is 12.8 Å². The normalized spacial score (nSPS) is 13.3. The van der Waals surface area contributed by atoms with Crippen LogP contribution < -0.4 is 14.8 Å². The Hall–Kier alpha value is -2.31. The van der Waals surface area contributed by atoms with Gasteiger partial charge >= 0.3 is 0 Å². The summed E-state index contributed by atoms with van der Waals surface area (Å²) in [5, 5.41) is 3.31. The van der Waals surface area contributed by atoms with Crippen molar-refractivity contribution in [3.8, 4) is 11.5 Å². The van der Waals surface area contributed by atoms with E-state index in [0.29, 0.717) is 28.8 Å². The third-order valence-electron chi connectivity index (χ3n) is 4.35. The summed E-state index contributed by atoms with van der Waals surface area (Å²) in [5.41, 5.74) is 1.55. The average molecular weight is 419 g/mol. The number of carbonyl (C=O) groups excluding carboxylic acids is 1. The maximum Gasteiger partial charge on any atom is 0.262 e. The monoisotopic (exact) mass is 418 g/mol. The Morgan fingerprint density at radius 1 is 1.14 bits per heavy atom. The van der Waals surface area contributed by atoms with E-state index < -0.39 is 0 Å². The smallest absolute Gasteiger partial charge is 0.262 e. The second kappa shape index (κ2) is 9.75. The number of amides is 1. The van der Waals surface area contributed by atoms with Crippen molar-refractivity contribution < 1.29 is 14.3 Å². The standard InChI is InChI=1S/C21H23ClN2O3S/c1-2-26-19-12-15(21(28)24-10-3-4-11-24)8-9-18(19)27-14-20(25)23-17-7-5-6-16(22)13-17/h5-9,12-13H,2-4,10-11,14H2,1H3,(H,23,25). The summed E-state index contributed by atoms with van der Waals surface area (Å²) in [6.45, 7) is 4.24. The Balaban J connectivity index is 1.65. The molecule has 28 heavy (non-hydrogen) atoms. The highest BCUT2D eigenvalue weighted by Crippen LogP contribution is 2.30. The van der Waals surface area contributed by atoms with Gasteiger partial charge in [0.15, 0.2) is 18.1 Å². The van der Waals surface area contributed by atoms with Gasteiger partial charge in [0.1, 0.15) is 4.99 Å². The molecule has 1 amide bonds. The van der Waals surface area contributed by atoms with Crippen LogP contribution in [0.2, 0.25) is 5.02 Å². The fourth-order valence-electron chi connectivity index (χ4n) is 3.04. The van der Waals surface area contributed by atoms with Crippen LogP contribution in [0.3, 0.4) is 0 Å². The Labute approximate surface area is 175 Å². The highest BCUT2D eigenvalue weighted by molar-refractivity contribution is 7.80. The van der Waals surface area contributed by atoms with E-state index >= 15 is 0 Å². The predicted octanol–water partition coefficient (Wildman–Crippen LogP) is 4.53. The van der Waals surface area contributed by atoms with Gasteiger partial charge in [-0.25, -0.2) is 0 Å². The van der Waals surface area contributed by atoms with Crippen molar-refractivity contribution in [3.05, 3.63) is 53.1 Å². The Bertz CT molecular complexity index is 853. The van der Waals surface area contributed by atoms with E-state index in [0.717, 1.165) is 23.6 Å². The average Bonchev–Trinajstić information content (AvgIpc) is 3.21. The summed E-state index contributed by atoms with van der Waals surface area (Å²) in [6, 6.07) is 12.6. The minimum absolute atomic E-state index is 0.136. The van der Waals surface area contributed by atoms with Crippen LogP contribution in [-0.2, 0) is 4.79 Å². The molecular formula is C21H23ClN2O3S. The lowest BCUT2D eigenvalue weighted by Gasteiger charge is -2.20. The summed E-state index contributed by atoms with van der Waals surface area (Å²) in [5.74, 6) is 0.814. The van der Waals surface area contributed by atoms with Gasteiger partial charge in [-0.1, -0.05) is 29.9 Å². The summed E-state index contributed by atoms with van der Waals surface area (Å²) in [6.07, 6.45) is 2.34. The molecule has 1 heterocycles. The quantitative estimate of drug-likeness (QED) is 0.669. The molecule has 0 saturated carbocycles. The third-order valence-corrected chi connectivity index (χ3v) is 5.08. The second-order valence-corrected chi connectivity index (χ2v) is 7.26. The van der Waals surface area contributed by atoms with E-state index in [9.17, 15) is 4.79 Å². The Kier molecular flexibility index (Phi) is 7.12. The first-order valence-corrected chi connectivity index (χ1v) is 10.1. The molecule has 0 atom stereocenters. The number of thiocarbonyl (C=S) groups is 1. The van der Waals surface area contributed by atoms with Crippen LogP contribution in [0, 0.1) is 0 Å². The van der Waals surface area contributed by atoms with Crippen LogP contribution in [0.25, 0.3) is 0 Å². The number of nitrogens with one attached hydrogen (secondary N) is 1. The Morgan fingerprint density at radius 3 is 2.64 bits per heavy atom. The number of benzene rings is 2. The van der Waals surface area contributed by atoms with Crippen LogP contribution in [0.15, 0.2) is 42.5 Å². The van der Waals surface area contributed by atoms with Gasteiger partial charge in [-0.15, -0.1) is 0 Å². The first-order valence-electron chi connectivity index (χ1n) is 9.31. The second-order valence-electron chi connectivity index (χ2n) is 6.44. The van der Waals surface area contributed by atoms with Gasteiger partial charge in [-0.05, 0) is 56.2 Å². The number of hydrogen-bond donors (Lipinski definition) is 1. The summed E-state index contributed by atoms with van der Waals surface area (Å²) < 4.78 is 11.4. The Morgan fingerprint density at radius 2 is 1.93 bits per heavy atom. The fourth-order valence-corrected chi connectivity index (χ4v) is 3.54. The molecule has 0 aromatic heterocycles. The predicted molar refractivity (Wildman–Crippen MR) is 116 cm³/mol. The van der Waals surface area contributed by atoms with Crippen LogP contribution in [0.5, 0.6) is 11.5 Å². The van der Waals surface area contributed by atoms with E-state index in [2.05, 4.69) is 10.2 Å². The van der Waals surface area contributed by atoms with E-state index in [4.69, 9.17) is 33.3 Å². The van der Waals surface area contributed by atoms with E-state index in [1.54, 1.807) is 30.3 Å². The lowest BCUT2D eigenvalue weighted by Crippen LogP contribution is -2.26. The molecule has 0 aliphatic carbocycles. The number of ether oxygens (including phenoxy) is 2. The number of anilines is 1. The van der Waals surface area contributed by atoms with Crippen LogP contribution in [0.1, 0.15) is 25.3 Å². The van der Waals surface area contributed by atoms with Crippen molar-refractivity contribution in [2.75, 3.05) is 31.6 Å². The highest BCUT2D eigenvalue weighted by Gasteiger charge is 2.18. The molecule has 1 aliphatic rings. The molecule has 0 spiro atoms.